The molecule has 0 radical (unpaired) electrons. The van der Waals surface area contributed by atoms with Crippen molar-refractivity contribution in [2.45, 2.75) is 32.7 Å². The zero-order valence-electron chi connectivity index (χ0n) is 18.7. The second-order valence-electron chi connectivity index (χ2n) is 9.10. The first-order valence-electron chi connectivity index (χ1n) is 11.5. The van der Waals surface area contributed by atoms with Gasteiger partial charge in [0.2, 0.25) is 0 Å². The molecular formula is C25H26N6O2. The Morgan fingerprint density at radius 3 is 2.85 bits per heavy atom. The van der Waals surface area contributed by atoms with Crippen LogP contribution in [0.2, 0.25) is 0 Å². The number of aromatic nitrogens is 4. The van der Waals surface area contributed by atoms with E-state index in [4.69, 9.17) is 4.42 Å². The molecule has 2 fully saturated rings. The lowest BCUT2D eigenvalue weighted by Crippen LogP contribution is -2.43. The molecule has 8 heteroatoms. The first-order chi connectivity index (χ1) is 16.1. The molecule has 2 aliphatic rings. The summed E-state index contributed by atoms with van der Waals surface area (Å²) < 4.78 is 5.83. The number of carbonyl (C=O) groups excluding carboxylic acids is 1. The van der Waals surface area contributed by atoms with E-state index in [1.165, 1.54) is 6.42 Å². The van der Waals surface area contributed by atoms with Gasteiger partial charge in [-0.1, -0.05) is 18.2 Å². The van der Waals surface area contributed by atoms with Crippen LogP contribution >= 0.6 is 0 Å². The first-order valence-corrected chi connectivity index (χ1v) is 11.5. The number of anilines is 1. The topological polar surface area (TPSA) is 99.9 Å². The van der Waals surface area contributed by atoms with Crippen molar-refractivity contribution in [3.8, 4) is 11.1 Å². The van der Waals surface area contributed by atoms with Gasteiger partial charge in [0.05, 0.1) is 11.7 Å². The third kappa shape index (κ3) is 3.28. The number of likely N-dealkylation sites (tertiary alicyclic amines) is 1. The fourth-order valence-electron chi connectivity index (χ4n) is 5.44. The molecule has 3 atom stereocenters. The molecule has 1 aliphatic heterocycles. The van der Waals surface area contributed by atoms with Crippen LogP contribution in [0, 0.1) is 25.7 Å². The van der Waals surface area contributed by atoms with E-state index in [0.29, 0.717) is 30.1 Å². The summed E-state index contributed by atoms with van der Waals surface area (Å²) in [7, 11) is 0. The van der Waals surface area contributed by atoms with Gasteiger partial charge in [0.15, 0.2) is 5.58 Å². The van der Waals surface area contributed by atoms with Gasteiger partial charge in [-0.2, -0.15) is 10.1 Å². The summed E-state index contributed by atoms with van der Waals surface area (Å²) in [5.41, 5.74) is 5.65. The van der Waals surface area contributed by atoms with Crippen LogP contribution < -0.4 is 5.32 Å². The Kier molecular flexibility index (Phi) is 4.67. The van der Waals surface area contributed by atoms with Crippen molar-refractivity contribution in [2.75, 3.05) is 18.4 Å². The Bertz CT molecular complexity index is 1290. The normalized spacial score (nSPS) is 21.8. The summed E-state index contributed by atoms with van der Waals surface area (Å²) in [6.45, 7) is 5.29. The number of amides is 1. The third-order valence-corrected chi connectivity index (χ3v) is 7.23. The molecule has 6 rings (SSSR count). The molecule has 1 saturated carbocycles. The van der Waals surface area contributed by atoms with Crippen molar-refractivity contribution < 1.29 is 9.21 Å². The van der Waals surface area contributed by atoms with Crippen LogP contribution in [0.4, 0.5) is 6.01 Å². The zero-order chi connectivity index (χ0) is 22.5. The van der Waals surface area contributed by atoms with E-state index in [-0.39, 0.29) is 11.9 Å². The molecule has 8 nitrogen and oxygen atoms in total. The first kappa shape index (κ1) is 20.0. The quantitative estimate of drug-likeness (QED) is 0.481. The number of nitrogens with one attached hydrogen (secondary N) is 2. The standard InChI is InChI=1S/C25H26N6O2/c1-14-22(15(2)30-29-14)18-6-5-11-26-23(18)24(32)31-13-16-9-10-17(16)20(31)12-27-25-28-19-7-3-4-8-21(19)33-25/h3-8,11,16-17,20H,9-10,12-13H2,1-2H3,(H,27,28)(H,29,30)/t16?,17?,20-/m1/s1. The highest BCUT2D eigenvalue weighted by Crippen LogP contribution is 2.45. The van der Waals surface area contributed by atoms with Crippen molar-refractivity contribution in [1.82, 2.24) is 25.1 Å². The number of aromatic amines is 1. The predicted octanol–water partition coefficient (Wildman–Crippen LogP) is 4.19. The van der Waals surface area contributed by atoms with Crippen molar-refractivity contribution in [3.63, 3.8) is 0 Å². The van der Waals surface area contributed by atoms with E-state index < -0.39 is 0 Å². The summed E-state index contributed by atoms with van der Waals surface area (Å²) in [6, 6.07) is 12.1. The number of hydrogen-bond acceptors (Lipinski definition) is 6. The number of H-pyrrole nitrogens is 1. The number of pyridine rings is 1. The van der Waals surface area contributed by atoms with E-state index >= 15 is 0 Å². The number of oxazole rings is 1. The molecule has 0 bridgehead atoms. The van der Waals surface area contributed by atoms with Gasteiger partial charge in [0.1, 0.15) is 11.2 Å². The monoisotopic (exact) mass is 442 g/mol. The van der Waals surface area contributed by atoms with Gasteiger partial charge < -0.3 is 14.6 Å². The van der Waals surface area contributed by atoms with Crippen LogP contribution in [0.25, 0.3) is 22.2 Å². The van der Waals surface area contributed by atoms with Crippen LogP contribution in [-0.2, 0) is 0 Å². The minimum Gasteiger partial charge on any atom is -0.424 e. The molecule has 2 unspecified atom stereocenters. The number of nitrogens with zero attached hydrogens (tertiary/aromatic N) is 4. The fourth-order valence-corrected chi connectivity index (χ4v) is 5.44. The van der Waals surface area contributed by atoms with E-state index in [1.807, 2.05) is 55.1 Å². The summed E-state index contributed by atoms with van der Waals surface area (Å²) in [4.78, 5) is 24.9. The van der Waals surface area contributed by atoms with Gasteiger partial charge in [-0.15, -0.1) is 0 Å². The second-order valence-corrected chi connectivity index (χ2v) is 9.10. The van der Waals surface area contributed by atoms with E-state index in [1.54, 1.807) is 6.20 Å². The van der Waals surface area contributed by atoms with Crippen LogP contribution in [0.15, 0.2) is 47.0 Å². The molecule has 1 saturated heterocycles. The molecule has 168 valence electrons. The number of hydrogen-bond donors (Lipinski definition) is 2. The summed E-state index contributed by atoms with van der Waals surface area (Å²) in [5, 5.41) is 10.7. The van der Waals surface area contributed by atoms with Crippen molar-refractivity contribution in [2.24, 2.45) is 11.8 Å². The van der Waals surface area contributed by atoms with E-state index in [0.717, 1.165) is 46.6 Å². The van der Waals surface area contributed by atoms with Crippen molar-refractivity contribution in [3.05, 3.63) is 59.7 Å². The minimum atomic E-state index is -0.0237. The Labute approximate surface area is 191 Å². The van der Waals surface area contributed by atoms with Gasteiger partial charge in [-0.05, 0) is 56.7 Å². The van der Waals surface area contributed by atoms with Crippen LogP contribution in [-0.4, -0.2) is 50.1 Å². The molecule has 33 heavy (non-hydrogen) atoms. The second kappa shape index (κ2) is 7.72. The average molecular weight is 443 g/mol. The van der Waals surface area contributed by atoms with E-state index in [9.17, 15) is 4.79 Å². The van der Waals surface area contributed by atoms with Gasteiger partial charge >= 0.3 is 0 Å². The Balaban J connectivity index is 1.28. The molecule has 1 aromatic carbocycles. The molecule has 1 aliphatic carbocycles. The fraction of sp³-hybridized carbons (Fsp3) is 0.360. The lowest BCUT2D eigenvalue weighted by Gasteiger charge is -2.33. The zero-order valence-corrected chi connectivity index (χ0v) is 18.7. The number of fused-ring (bicyclic) bond motifs is 2. The molecule has 3 aromatic heterocycles. The Morgan fingerprint density at radius 1 is 1.21 bits per heavy atom. The molecular weight excluding hydrogens is 416 g/mol. The Hall–Kier alpha value is -3.68. The molecule has 0 spiro atoms. The lowest BCUT2D eigenvalue weighted by molar-refractivity contribution is 0.0722. The predicted molar refractivity (Wildman–Crippen MR) is 125 cm³/mol. The highest BCUT2D eigenvalue weighted by Gasteiger charge is 2.49. The van der Waals surface area contributed by atoms with Gasteiger partial charge in [-0.25, -0.2) is 0 Å². The molecule has 1 amide bonds. The maximum atomic E-state index is 13.8. The van der Waals surface area contributed by atoms with E-state index in [2.05, 4.69) is 25.5 Å². The minimum absolute atomic E-state index is 0.0237. The lowest BCUT2D eigenvalue weighted by atomic mass is 9.73. The Morgan fingerprint density at radius 2 is 2.09 bits per heavy atom. The highest BCUT2D eigenvalue weighted by molar-refractivity contribution is 6.00. The van der Waals surface area contributed by atoms with Gasteiger partial charge in [-0.3, -0.25) is 14.9 Å². The maximum Gasteiger partial charge on any atom is 0.295 e. The number of aryl methyl sites for hydroxylation is 2. The van der Waals surface area contributed by atoms with Gasteiger partial charge in [0.25, 0.3) is 11.9 Å². The van der Waals surface area contributed by atoms with Gasteiger partial charge in [0, 0.05) is 36.1 Å². The van der Waals surface area contributed by atoms with Crippen LogP contribution in [0.5, 0.6) is 0 Å². The number of para-hydroxylation sites is 2. The number of benzene rings is 1. The average Bonchev–Trinajstić information content (AvgIpc) is 3.45. The summed E-state index contributed by atoms with van der Waals surface area (Å²) >= 11 is 0. The van der Waals surface area contributed by atoms with Crippen molar-refractivity contribution >= 4 is 23.0 Å². The molecule has 4 heterocycles. The van der Waals surface area contributed by atoms with Crippen molar-refractivity contribution in [1.29, 1.82) is 0 Å². The third-order valence-electron chi connectivity index (χ3n) is 7.23. The van der Waals surface area contributed by atoms with Crippen LogP contribution in [0.1, 0.15) is 34.7 Å². The summed E-state index contributed by atoms with van der Waals surface area (Å²) in [6.07, 6.45) is 4.00. The number of rotatable bonds is 5. The SMILES string of the molecule is Cc1n[nH]c(C)c1-c1cccnc1C(=O)N1CC2CCC2[C@H]1CNc1nc2ccccc2o1. The molecule has 4 aromatic rings. The van der Waals surface area contributed by atoms with Crippen LogP contribution in [0.3, 0.4) is 0 Å². The maximum absolute atomic E-state index is 13.8. The molecule has 2 N–H and O–H groups in total. The number of carbonyl (C=O) groups is 1. The smallest absolute Gasteiger partial charge is 0.295 e. The largest absolute Gasteiger partial charge is 0.424 e. The summed E-state index contributed by atoms with van der Waals surface area (Å²) in [5.74, 6) is 1.02. The highest BCUT2D eigenvalue weighted by atomic mass is 16.4.